The van der Waals surface area contributed by atoms with Gasteiger partial charge in [0, 0.05) is 11.1 Å². The van der Waals surface area contributed by atoms with Gasteiger partial charge in [-0.15, -0.1) is 0 Å². The highest BCUT2D eigenvalue weighted by molar-refractivity contribution is 5.98. The second-order valence-electron chi connectivity index (χ2n) is 4.45. The molecule has 0 aliphatic carbocycles. The maximum atomic E-state index is 11.5. The van der Waals surface area contributed by atoms with Crippen LogP contribution in [-0.4, -0.2) is 16.9 Å². The molecule has 0 bridgehead atoms. The summed E-state index contributed by atoms with van der Waals surface area (Å²) in [4.78, 5) is 27.0. The van der Waals surface area contributed by atoms with Gasteiger partial charge in [0.25, 0.3) is 0 Å². The van der Waals surface area contributed by atoms with Crippen LogP contribution in [-0.2, 0) is 14.3 Å². The summed E-state index contributed by atoms with van der Waals surface area (Å²) in [7, 11) is 0. The summed E-state index contributed by atoms with van der Waals surface area (Å²) in [6.07, 6.45) is 0.129. The van der Waals surface area contributed by atoms with Gasteiger partial charge in [0.05, 0.1) is 17.9 Å². The molecule has 1 atom stereocenters. The van der Waals surface area contributed by atoms with E-state index in [1.807, 2.05) is 37.3 Å². The molecule has 1 saturated heterocycles. The van der Waals surface area contributed by atoms with Gasteiger partial charge < -0.3 is 4.74 Å². The molecule has 1 unspecified atom stereocenters. The number of esters is 2. The molecule has 0 saturated carbocycles. The fourth-order valence-electron chi connectivity index (χ4n) is 2.19. The first kappa shape index (κ1) is 10.9. The Kier molecular flexibility index (Phi) is 2.37. The van der Waals surface area contributed by atoms with Crippen molar-refractivity contribution < 1.29 is 14.3 Å². The zero-order valence-electron chi connectivity index (χ0n) is 9.84. The topological polar surface area (TPSA) is 56.3 Å². The van der Waals surface area contributed by atoms with Crippen molar-refractivity contribution in [3.63, 3.8) is 0 Å². The van der Waals surface area contributed by atoms with Crippen LogP contribution >= 0.6 is 0 Å². The molecule has 18 heavy (non-hydrogen) atoms. The van der Waals surface area contributed by atoms with Crippen LogP contribution in [0, 0.1) is 6.92 Å². The van der Waals surface area contributed by atoms with Crippen LogP contribution < -0.4 is 0 Å². The first-order chi connectivity index (χ1) is 8.63. The number of hydrogen-bond acceptors (Lipinski definition) is 4. The Labute approximate surface area is 104 Å². The van der Waals surface area contributed by atoms with Gasteiger partial charge in [0.15, 0.2) is 0 Å². The fourth-order valence-corrected chi connectivity index (χ4v) is 2.19. The molecule has 1 aromatic heterocycles. The van der Waals surface area contributed by atoms with Crippen LogP contribution in [0.15, 0.2) is 30.3 Å². The van der Waals surface area contributed by atoms with Crippen molar-refractivity contribution in [3.05, 3.63) is 41.6 Å². The molecular weight excluding hydrogens is 230 g/mol. The molecule has 0 N–H and O–H groups in total. The number of aryl methyl sites for hydroxylation is 1. The quantitative estimate of drug-likeness (QED) is 0.566. The van der Waals surface area contributed by atoms with Crippen LogP contribution in [0.3, 0.4) is 0 Å². The third-order valence-electron chi connectivity index (χ3n) is 3.12. The Morgan fingerprint density at radius 2 is 2.06 bits per heavy atom. The van der Waals surface area contributed by atoms with E-state index in [0.717, 1.165) is 22.2 Å². The zero-order valence-corrected chi connectivity index (χ0v) is 9.84. The van der Waals surface area contributed by atoms with Gasteiger partial charge in [-0.25, -0.2) is 0 Å². The van der Waals surface area contributed by atoms with E-state index < -0.39 is 17.9 Å². The van der Waals surface area contributed by atoms with E-state index in [9.17, 15) is 9.59 Å². The Hall–Kier alpha value is -2.23. The van der Waals surface area contributed by atoms with Gasteiger partial charge in [0.2, 0.25) is 0 Å². The standard InChI is InChI=1S/C14H11NO3/c1-8-2-3-10-6-9(4-5-12(10)15-8)11-7-13(16)18-14(11)17/h2-6,11H,7H2,1H3. The van der Waals surface area contributed by atoms with Crippen molar-refractivity contribution in [3.8, 4) is 0 Å². The number of carbonyl (C=O) groups is 2. The molecular formula is C14H11NO3. The average Bonchev–Trinajstić information content (AvgIpc) is 2.68. The minimum absolute atomic E-state index is 0.129. The van der Waals surface area contributed by atoms with E-state index in [1.165, 1.54) is 0 Å². The molecule has 1 fully saturated rings. The molecule has 90 valence electrons. The molecule has 0 radical (unpaired) electrons. The molecule has 3 rings (SSSR count). The van der Waals surface area contributed by atoms with Crippen LogP contribution in [0.5, 0.6) is 0 Å². The maximum absolute atomic E-state index is 11.5. The maximum Gasteiger partial charge on any atom is 0.321 e. The summed E-state index contributed by atoms with van der Waals surface area (Å²) in [5.41, 5.74) is 2.64. The minimum Gasteiger partial charge on any atom is -0.393 e. The zero-order chi connectivity index (χ0) is 12.7. The summed E-state index contributed by atoms with van der Waals surface area (Å²) in [6, 6.07) is 9.48. The third kappa shape index (κ3) is 1.76. The monoisotopic (exact) mass is 241 g/mol. The van der Waals surface area contributed by atoms with E-state index in [0.29, 0.717) is 0 Å². The van der Waals surface area contributed by atoms with Gasteiger partial charge >= 0.3 is 11.9 Å². The number of ether oxygens (including phenoxy) is 1. The van der Waals surface area contributed by atoms with Crippen LogP contribution in [0.1, 0.15) is 23.6 Å². The smallest absolute Gasteiger partial charge is 0.321 e. The lowest BCUT2D eigenvalue weighted by Gasteiger charge is -2.06. The lowest BCUT2D eigenvalue weighted by molar-refractivity contribution is -0.152. The predicted octanol–water partition coefficient (Wildman–Crippen LogP) is 2.10. The van der Waals surface area contributed by atoms with Crippen LogP contribution in [0.2, 0.25) is 0 Å². The van der Waals surface area contributed by atoms with E-state index in [2.05, 4.69) is 9.72 Å². The molecule has 2 aromatic rings. The highest BCUT2D eigenvalue weighted by atomic mass is 16.6. The molecule has 1 aromatic carbocycles. The van der Waals surface area contributed by atoms with Crippen LogP contribution in [0.25, 0.3) is 10.9 Å². The van der Waals surface area contributed by atoms with Gasteiger partial charge in [-0.1, -0.05) is 12.1 Å². The van der Waals surface area contributed by atoms with Crippen molar-refractivity contribution in [1.82, 2.24) is 4.98 Å². The molecule has 1 aliphatic heterocycles. The summed E-state index contributed by atoms with van der Waals surface area (Å²) < 4.78 is 4.57. The molecule has 1 aliphatic rings. The number of aromatic nitrogens is 1. The normalized spacial score (nSPS) is 19.3. The molecule has 2 heterocycles. The predicted molar refractivity (Wildman–Crippen MR) is 64.9 cm³/mol. The first-order valence-electron chi connectivity index (χ1n) is 5.75. The summed E-state index contributed by atoms with van der Waals surface area (Å²) in [5, 5.41) is 0.963. The lowest BCUT2D eigenvalue weighted by atomic mass is 9.96. The Morgan fingerprint density at radius 3 is 2.78 bits per heavy atom. The Bertz CT molecular complexity index is 663. The molecule has 0 amide bonds. The fraction of sp³-hybridized carbons (Fsp3) is 0.214. The second-order valence-corrected chi connectivity index (χ2v) is 4.45. The Balaban J connectivity index is 2.06. The van der Waals surface area contributed by atoms with Crippen molar-refractivity contribution in [2.75, 3.05) is 0 Å². The molecule has 4 nitrogen and oxygen atoms in total. The lowest BCUT2D eigenvalue weighted by Crippen LogP contribution is -2.05. The van der Waals surface area contributed by atoms with Crippen molar-refractivity contribution in [2.45, 2.75) is 19.3 Å². The van der Waals surface area contributed by atoms with Crippen molar-refractivity contribution in [1.29, 1.82) is 0 Å². The van der Waals surface area contributed by atoms with Crippen LogP contribution in [0.4, 0.5) is 0 Å². The average molecular weight is 241 g/mol. The number of rotatable bonds is 1. The SMILES string of the molecule is Cc1ccc2cc(C3CC(=O)OC3=O)ccc2n1. The van der Waals surface area contributed by atoms with Gasteiger partial charge in [-0.05, 0) is 30.7 Å². The second kappa shape index (κ2) is 3.91. The highest BCUT2D eigenvalue weighted by Gasteiger charge is 2.34. The minimum atomic E-state index is -0.469. The largest absolute Gasteiger partial charge is 0.393 e. The van der Waals surface area contributed by atoms with Gasteiger partial charge in [-0.2, -0.15) is 0 Å². The molecule has 4 heteroatoms. The van der Waals surface area contributed by atoms with E-state index >= 15 is 0 Å². The van der Waals surface area contributed by atoms with Crippen molar-refractivity contribution in [2.24, 2.45) is 0 Å². The van der Waals surface area contributed by atoms with Gasteiger partial charge in [0.1, 0.15) is 0 Å². The van der Waals surface area contributed by atoms with Crippen molar-refractivity contribution >= 4 is 22.8 Å². The number of benzene rings is 1. The first-order valence-corrected chi connectivity index (χ1v) is 5.75. The van der Waals surface area contributed by atoms with E-state index in [-0.39, 0.29) is 6.42 Å². The Morgan fingerprint density at radius 1 is 1.22 bits per heavy atom. The van der Waals surface area contributed by atoms with Gasteiger partial charge in [-0.3, -0.25) is 14.6 Å². The summed E-state index contributed by atoms with van der Waals surface area (Å²) in [6.45, 7) is 1.93. The number of fused-ring (bicyclic) bond motifs is 1. The number of cyclic esters (lactones) is 2. The number of carbonyl (C=O) groups excluding carboxylic acids is 2. The summed E-state index contributed by atoms with van der Waals surface area (Å²) >= 11 is 0. The molecule has 0 spiro atoms. The van der Waals surface area contributed by atoms with E-state index in [1.54, 1.807) is 0 Å². The number of pyridine rings is 1. The number of hydrogen-bond donors (Lipinski definition) is 0. The van der Waals surface area contributed by atoms with E-state index in [4.69, 9.17) is 0 Å². The highest BCUT2D eigenvalue weighted by Crippen LogP contribution is 2.29. The number of nitrogens with zero attached hydrogens (tertiary/aromatic N) is 1. The third-order valence-corrected chi connectivity index (χ3v) is 3.12. The summed E-state index contributed by atoms with van der Waals surface area (Å²) in [5.74, 6) is -1.38.